The first kappa shape index (κ1) is 14.3. The van der Waals surface area contributed by atoms with Crippen molar-refractivity contribution < 1.29 is 19.1 Å². The molecular weight excluding hydrogens is 260 g/mol. The molecule has 1 aromatic rings. The third kappa shape index (κ3) is 3.48. The molecule has 6 nitrogen and oxygen atoms in total. The number of morpholine rings is 1. The summed E-state index contributed by atoms with van der Waals surface area (Å²) >= 11 is 0. The fourth-order valence-electron chi connectivity index (χ4n) is 2.01. The van der Waals surface area contributed by atoms with Gasteiger partial charge in [0.25, 0.3) is 0 Å². The van der Waals surface area contributed by atoms with Crippen molar-refractivity contribution in [2.24, 2.45) is 0 Å². The van der Waals surface area contributed by atoms with E-state index in [9.17, 15) is 9.59 Å². The Hall–Kier alpha value is -2.08. The molecule has 0 radical (unpaired) electrons. The van der Waals surface area contributed by atoms with Crippen molar-refractivity contribution in [3.8, 4) is 5.75 Å². The van der Waals surface area contributed by atoms with Crippen LogP contribution < -0.4 is 10.1 Å². The van der Waals surface area contributed by atoms with Gasteiger partial charge in [-0.1, -0.05) is 18.2 Å². The van der Waals surface area contributed by atoms with Crippen LogP contribution in [0.2, 0.25) is 0 Å². The summed E-state index contributed by atoms with van der Waals surface area (Å²) in [4.78, 5) is 25.2. The van der Waals surface area contributed by atoms with Gasteiger partial charge < -0.3 is 19.7 Å². The molecule has 1 aromatic carbocycles. The van der Waals surface area contributed by atoms with Gasteiger partial charge in [-0.3, -0.25) is 9.59 Å². The van der Waals surface area contributed by atoms with Crippen LogP contribution in [0, 0.1) is 0 Å². The van der Waals surface area contributed by atoms with Crippen molar-refractivity contribution in [1.29, 1.82) is 0 Å². The number of carbonyl (C=O) groups is 2. The van der Waals surface area contributed by atoms with E-state index in [0.29, 0.717) is 32.1 Å². The number of nitrogens with one attached hydrogen (secondary N) is 1. The van der Waals surface area contributed by atoms with Crippen molar-refractivity contribution in [3.05, 3.63) is 29.8 Å². The first-order valence-corrected chi connectivity index (χ1v) is 6.49. The summed E-state index contributed by atoms with van der Waals surface area (Å²) in [6.45, 7) is 2.14. The molecule has 1 saturated heterocycles. The quantitative estimate of drug-likeness (QED) is 0.800. The second kappa shape index (κ2) is 6.91. The molecule has 20 heavy (non-hydrogen) atoms. The molecular formula is C14H18N2O4. The van der Waals surface area contributed by atoms with Gasteiger partial charge >= 0.3 is 11.8 Å². The first-order chi connectivity index (χ1) is 9.72. The first-order valence-electron chi connectivity index (χ1n) is 6.49. The number of benzene rings is 1. The summed E-state index contributed by atoms with van der Waals surface area (Å²) in [6, 6.07) is 7.36. The number of hydrogen-bond donors (Lipinski definition) is 1. The van der Waals surface area contributed by atoms with Crippen LogP contribution >= 0.6 is 0 Å². The van der Waals surface area contributed by atoms with Crippen LogP contribution in [0.4, 0.5) is 0 Å². The molecule has 1 heterocycles. The molecule has 1 aliphatic rings. The van der Waals surface area contributed by atoms with E-state index in [0.717, 1.165) is 5.56 Å². The number of carbonyl (C=O) groups excluding carboxylic acids is 2. The van der Waals surface area contributed by atoms with Crippen molar-refractivity contribution in [2.45, 2.75) is 6.54 Å². The molecule has 1 N–H and O–H groups in total. The zero-order chi connectivity index (χ0) is 14.4. The largest absolute Gasteiger partial charge is 0.496 e. The van der Waals surface area contributed by atoms with E-state index in [2.05, 4.69) is 5.32 Å². The highest BCUT2D eigenvalue weighted by Crippen LogP contribution is 2.16. The summed E-state index contributed by atoms with van der Waals surface area (Å²) in [6.07, 6.45) is 0. The maximum Gasteiger partial charge on any atom is 0.312 e. The summed E-state index contributed by atoms with van der Waals surface area (Å²) < 4.78 is 10.3. The maximum atomic E-state index is 11.9. The number of nitrogens with zero attached hydrogens (tertiary/aromatic N) is 1. The molecule has 0 bridgehead atoms. The Kier molecular flexibility index (Phi) is 4.95. The Morgan fingerprint density at radius 1 is 1.30 bits per heavy atom. The minimum Gasteiger partial charge on any atom is -0.496 e. The SMILES string of the molecule is COc1ccccc1CNC(=O)C(=O)N1CCOCC1. The van der Waals surface area contributed by atoms with Gasteiger partial charge in [-0.15, -0.1) is 0 Å². The number of rotatable bonds is 3. The van der Waals surface area contributed by atoms with Crippen LogP contribution in [0.3, 0.4) is 0 Å². The van der Waals surface area contributed by atoms with E-state index < -0.39 is 11.8 Å². The van der Waals surface area contributed by atoms with E-state index in [4.69, 9.17) is 9.47 Å². The Labute approximate surface area is 117 Å². The molecule has 108 valence electrons. The molecule has 6 heteroatoms. The van der Waals surface area contributed by atoms with E-state index in [1.165, 1.54) is 4.90 Å². The lowest BCUT2D eigenvalue weighted by atomic mass is 10.2. The molecule has 2 amide bonds. The third-order valence-electron chi connectivity index (χ3n) is 3.12. The Bertz CT molecular complexity index is 484. The van der Waals surface area contributed by atoms with Gasteiger partial charge in [0, 0.05) is 25.2 Å². The molecule has 1 aliphatic heterocycles. The van der Waals surface area contributed by atoms with Crippen LogP contribution in [0.5, 0.6) is 5.75 Å². The third-order valence-corrected chi connectivity index (χ3v) is 3.12. The summed E-state index contributed by atoms with van der Waals surface area (Å²) in [5.74, 6) is -0.423. The minimum atomic E-state index is -0.599. The zero-order valence-corrected chi connectivity index (χ0v) is 11.4. The topological polar surface area (TPSA) is 67.9 Å². The molecule has 0 atom stereocenters. The van der Waals surface area contributed by atoms with Gasteiger partial charge in [0.2, 0.25) is 0 Å². The normalized spacial score (nSPS) is 14.8. The van der Waals surface area contributed by atoms with Gasteiger partial charge in [-0.05, 0) is 6.07 Å². The lowest BCUT2D eigenvalue weighted by molar-refractivity contribution is -0.148. The van der Waals surface area contributed by atoms with Crippen molar-refractivity contribution in [3.63, 3.8) is 0 Å². The highest BCUT2D eigenvalue weighted by molar-refractivity contribution is 6.34. The van der Waals surface area contributed by atoms with Gasteiger partial charge in [0.15, 0.2) is 0 Å². The van der Waals surface area contributed by atoms with Crippen LogP contribution in [-0.4, -0.2) is 50.1 Å². The number of para-hydroxylation sites is 1. The van der Waals surface area contributed by atoms with Gasteiger partial charge in [-0.25, -0.2) is 0 Å². The van der Waals surface area contributed by atoms with Crippen LogP contribution in [-0.2, 0) is 20.9 Å². The fourth-order valence-corrected chi connectivity index (χ4v) is 2.01. The second-order valence-corrected chi connectivity index (χ2v) is 4.40. The number of ether oxygens (including phenoxy) is 2. The monoisotopic (exact) mass is 278 g/mol. The smallest absolute Gasteiger partial charge is 0.312 e. The van der Waals surface area contributed by atoms with Crippen LogP contribution in [0.1, 0.15) is 5.56 Å². The molecule has 2 rings (SSSR count). The highest BCUT2D eigenvalue weighted by atomic mass is 16.5. The zero-order valence-electron chi connectivity index (χ0n) is 11.4. The predicted octanol–water partition coefficient (Wildman–Crippen LogP) is 0.170. The fraction of sp³-hybridized carbons (Fsp3) is 0.429. The van der Waals surface area contributed by atoms with Gasteiger partial charge in [-0.2, -0.15) is 0 Å². The lowest BCUT2D eigenvalue weighted by Crippen LogP contribution is -2.47. The Morgan fingerprint density at radius 3 is 2.70 bits per heavy atom. The highest BCUT2D eigenvalue weighted by Gasteiger charge is 2.23. The minimum absolute atomic E-state index is 0.263. The van der Waals surface area contributed by atoms with Crippen molar-refractivity contribution in [2.75, 3.05) is 33.4 Å². The van der Waals surface area contributed by atoms with E-state index >= 15 is 0 Å². The summed E-state index contributed by atoms with van der Waals surface area (Å²) in [5.41, 5.74) is 0.832. The average Bonchev–Trinajstić information content (AvgIpc) is 2.53. The summed E-state index contributed by atoms with van der Waals surface area (Å²) in [7, 11) is 1.57. The molecule has 1 fully saturated rings. The Balaban J connectivity index is 1.89. The molecule has 0 aliphatic carbocycles. The maximum absolute atomic E-state index is 11.9. The van der Waals surface area contributed by atoms with Gasteiger partial charge in [0.05, 0.1) is 20.3 Å². The second-order valence-electron chi connectivity index (χ2n) is 4.40. The molecule has 0 unspecified atom stereocenters. The molecule has 0 saturated carbocycles. The van der Waals surface area contributed by atoms with E-state index in [1.54, 1.807) is 7.11 Å². The summed E-state index contributed by atoms with van der Waals surface area (Å²) in [5, 5.41) is 2.62. The number of amides is 2. The Morgan fingerprint density at radius 2 is 2.00 bits per heavy atom. The molecule has 0 spiro atoms. The van der Waals surface area contributed by atoms with Gasteiger partial charge in [0.1, 0.15) is 5.75 Å². The van der Waals surface area contributed by atoms with Crippen LogP contribution in [0.15, 0.2) is 24.3 Å². The lowest BCUT2D eigenvalue weighted by Gasteiger charge is -2.26. The number of hydrogen-bond acceptors (Lipinski definition) is 4. The predicted molar refractivity (Wildman–Crippen MR) is 72.2 cm³/mol. The molecule has 0 aromatic heterocycles. The van der Waals surface area contributed by atoms with Crippen molar-refractivity contribution >= 4 is 11.8 Å². The van der Waals surface area contributed by atoms with E-state index in [1.807, 2.05) is 24.3 Å². The van der Waals surface area contributed by atoms with Crippen molar-refractivity contribution in [1.82, 2.24) is 10.2 Å². The van der Waals surface area contributed by atoms with Crippen LogP contribution in [0.25, 0.3) is 0 Å². The van der Waals surface area contributed by atoms with E-state index in [-0.39, 0.29) is 6.54 Å². The standard InChI is InChI=1S/C14H18N2O4/c1-19-12-5-3-2-4-11(12)10-15-13(17)14(18)16-6-8-20-9-7-16/h2-5H,6-10H2,1H3,(H,15,17). The number of methoxy groups -OCH3 is 1. The average molecular weight is 278 g/mol.